The Hall–Kier alpha value is -1.62. The maximum atomic E-state index is 12.9. The van der Waals surface area contributed by atoms with E-state index < -0.39 is 5.82 Å². The summed E-state index contributed by atoms with van der Waals surface area (Å²) >= 11 is 0. The average molecular weight is 295 g/mol. The minimum absolute atomic E-state index is 0.0996. The van der Waals surface area contributed by atoms with Gasteiger partial charge in [0, 0.05) is 13.0 Å². The molecule has 0 aliphatic heterocycles. The van der Waals surface area contributed by atoms with Gasteiger partial charge in [0.1, 0.15) is 5.82 Å². The smallest absolute Gasteiger partial charge is 0.224 e. The van der Waals surface area contributed by atoms with Crippen LogP contribution < -0.4 is 11.1 Å². The minimum Gasteiger partial charge on any atom is -0.397 e. The Labute approximate surface area is 126 Å². The molecular weight excluding hydrogens is 269 g/mol. The fourth-order valence-electron chi connectivity index (χ4n) is 2.26. The zero-order valence-corrected chi connectivity index (χ0v) is 13.4. The second-order valence-corrected chi connectivity index (χ2v) is 6.68. The van der Waals surface area contributed by atoms with Gasteiger partial charge in [0.25, 0.3) is 0 Å². The van der Waals surface area contributed by atoms with E-state index in [9.17, 15) is 9.18 Å². The van der Waals surface area contributed by atoms with Crippen LogP contribution in [0.15, 0.2) is 18.2 Å². The Bertz CT molecular complexity index is 483. The van der Waals surface area contributed by atoms with E-state index >= 15 is 0 Å². The first-order chi connectivity index (χ1) is 9.67. The zero-order valence-electron chi connectivity index (χ0n) is 13.4. The topological polar surface area (TPSA) is 58.4 Å². The zero-order chi connectivity index (χ0) is 16.0. The lowest BCUT2D eigenvalue weighted by molar-refractivity contribution is -0.116. The van der Waals surface area contributed by atoms with Gasteiger partial charge in [-0.15, -0.1) is 0 Å². The number of hydrogen-bond donors (Lipinski definition) is 2. The van der Waals surface area contributed by atoms with Crippen LogP contribution >= 0.6 is 0 Å². The number of hydrogen-bond acceptors (Lipinski definition) is 3. The summed E-state index contributed by atoms with van der Waals surface area (Å²) in [7, 11) is 2.06. The van der Waals surface area contributed by atoms with Gasteiger partial charge in [0.05, 0.1) is 11.4 Å². The Balaban J connectivity index is 2.34. The predicted molar refractivity (Wildman–Crippen MR) is 85.6 cm³/mol. The van der Waals surface area contributed by atoms with E-state index in [2.05, 4.69) is 38.0 Å². The molecule has 0 aromatic heterocycles. The number of carbonyl (C=O) groups excluding carboxylic acids is 1. The molecule has 0 unspecified atom stereocenters. The van der Waals surface area contributed by atoms with Gasteiger partial charge in [-0.1, -0.05) is 20.8 Å². The number of amides is 1. The lowest BCUT2D eigenvalue weighted by Crippen LogP contribution is -2.30. The predicted octanol–water partition coefficient (Wildman–Crippen LogP) is 3.10. The summed E-state index contributed by atoms with van der Waals surface area (Å²) in [6.07, 6.45) is 1.20. The van der Waals surface area contributed by atoms with Crippen molar-refractivity contribution in [3.8, 4) is 0 Å². The molecule has 1 aromatic rings. The highest BCUT2D eigenvalue weighted by Gasteiger charge is 2.13. The molecule has 0 aliphatic rings. The monoisotopic (exact) mass is 295 g/mol. The SMILES string of the molecule is CN(CCCC(=O)Nc1ccc(F)cc1N)CC(C)(C)C. The highest BCUT2D eigenvalue weighted by molar-refractivity contribution is 5.93. The molecule has 0 saturated carbocycles. The Morgan fingerprint density at radius 1 is 1.38 bits per heavy atom. The van der Waals surface area contributed by atoms with E-state index in [0.29, 0.717) is 12.1 Å². The van der Waals surface area contributed by atoms with Gasteiger partial charge in [-0.05, 0) is 43.6 Å². The third-order valence-corrected chi connectivity index (χ3v) is 2.98. The van der Waals surface area contributed by atoms with E-state index in [1.54, 1.807) is 0 Å². The molecule has 0 bridgehead atoms. The summed E-state index contributed by atoms with van der Waals surface area (Å²) in [4.78, 5) is 14.1. The summed E-state index contributed by atoms with van der Waals surface area (Å²) in [6.45, 7) is 8.41. The number of anilines is 2. The summed E-state index contributed by atoms with van der Waals surface area (Å²) in [5.41, 5.74) is 6.61. The maximum absolute atomic E-state index is 12.9. The van der Waals surface area contributed by atoms with Crippen molar-refractivity contribution in [3.05, 3.63) is 24.0 Å². The number of nitrogens with one attached hydrogen (secondary N) is 1. The van der Waals surface area contributed by atoms with E-state index in [0.717, 1.165) is 19.5 Å². The van der Waals surface area contributed by atoms with Crippen LogP contribution in [-0.2, 0) is 4.79 Å². The second kappa shape index (κ2) is 7.41. The molecule has 1 amide bonds. The molecule has 0 atom stereocenters. The van der Waals surface area contributed by atoms with E-state index in [1.165, 1.54) is 18.2 Å². The molecule has 0 spiro atoms. The molecule has 0 saturated heterocycles. The molecule has 0 radical (unpaired) electrons. The van der Waals surface area contributed by atoms with Crippen molar-refractivity contribution in [3.63, 3.8) is 0 Å². The molecule has 3 N–H and O–H groups in total. The minimum atomic E-state index is -0.408. The third kappa shape index (κ3) is 7.09. The van der Waals surface area contributed by atoms with Crippen LogP contribution in [0.3, 0.4) is 0 Å². The van der Waals surface area contributed by atoms with Crippen molar-refractivity contribution >= 4 is 17.3 Å². The van der Waals surface area contributed by atoms with Gasteiger partial charge in [0.15, 0.2) is 0 Å². The first kappa shape index (κ1) is 17.4. The van der Waals surface area contributed by atoms with Crippen molar-refractivity contribution in [2.75, 3.05) is 31.2 Å². The first-order valence-electron chi connectivity index (χ1n) is 7.21. The van der Waals surface area contributed by atoms with Crippen LogP contribution in [0.25, 0.3) is 0 Å². The molecule has 0 fully saturated rings. The molecule has 0 heterocycles. The van der Waals surface area contributed by atoms with Crippen LogP contribution in [-0.4, -0.2) is 30.9 Å². The number of nitrogens with two attached hydrogens (primary N) is 1. The van der Waals surface area contributed by atoms with Crippen molar-refractivity contribution in [2.45, 2.75) is 33.6 Å². The quantitative estimate of drug-likeness (QED) is 0.793. The summed E-state index contributed by atoms with van der Waals surface area (Å²) in [5, 5.41) is 2.71. The van der Waals surface area contributed by atoms with Crippen molar-refractivity contribution in [1.29, 1.82) is 0 Å². The Morgan fingerprint density at radius 2 is 2.05 bits per heavy atom. The second-order valence-electron chi connectivity index (χ2n) is 6.68. The van der Waals surface area contributed by atoms with E-state index in [1.807, 2.05) is 0 Å². The van der Waals surface area contributed by atoms with Crippen LogP contribution in [0.2, 0.25) is 0 Å². The molecule has 5 heteroatoms. The lowest BCUT2D eigenvalue weighted by atomic mass is 9.96. The maximum Gasteiger partial charge on any atom is 0.224 e. The van der Waals surface area contributed by atoms with Gasteiger partial charge in [-0.25, -0.2) is 4.39 Å². The van der Waals surface area contributed by atoms with Crippen molar-refractivity contribution in [1.82, 2.24) is 4.90 Å². The van der Waals surface area contributed by atoms with Gasteiger partial charge in [-0.2, -0.15) is 0 Å². The average Bonchev–Trinajstić information content (AvgIpc) is 2.30. The molecule has 0 aliphatic carbocycles. The standard InChI is InChI=1S/C16H26FN3O/c1-16(2,3)11-20(4)9-5-6-15(21)19-14-8-7-12(17)10-13(14)18/h7-8,10H,5-6,9,11,18H2,1-4H3,(H,19,21). The van der Waals surface area contributed by atoms with E-state index in [-0.39, 0.29) is 17.0 Å². The third-order valence-electron chi connectivity index (χ3n) is 2.98. The number of benzene rings is 1. The summed E-state index contributed by atoms with van der Waals surface area (Å²) < 4.78 is 12.9. The van der Waals surface area contributed by atoms with Gasteiger partial charge < -0.3 is 16.0 Å². The fraction of sp³-hybridized carbons (Fsp3) is 0.562. The first-order valence-corrected chi connectivity index (χ1v) is 7.21. The van der Waals surface area contributed by atoms with Gasteiger partial charge >= 0.3 is 0 Å². The Morgan fingerprint density at radius 3 is 2.62 bits per heavy atom. The number of carbonyl (C=O) groups is 1. The lowest BCUT2D eigenvalue weighted by Gasteiger charge is -2.26. The van der Waals surface area contributed by atoms with Gasteiger partial charge in [0.2, 0.25) is 5.91 Å². The normalized spacial score (nSPS) is 11.7. The largest absolute Gasteiger partial charge is 0.397 e. The highest BCUT2D eigenvalue weighted by Crippen LogP contribution is 2.19. The number of rotatable bonds is 6. The van der Waals surface area contributed by atoms with Crippen molar-refractivity contribution < 1.29 is 9.18 Å². The molecule has 4 nitrogen and oxygen atoms in total. The number of halogens is 1. The van der Waals surface area contributed by atoms with Crippen LogP contribution in [0.5, 0.6) is 0 Å². The highest BCUT2D eigenvalue weighted by atomic mass is 19.1. The molecular formula is C16H26FN3O. The van der Waals surface area contributed by atoms with Crippen LogP contribution in [0.1, 0.15) is 33.6 Å². The molecule has 118 valence electrons. The number of nitrogens with zero attached hydrogens (tertiary/aromatic N) is 1. The van der Waals surface area contributed by atoms with Crippen LogP contribution in [0, 0.1) is 11.2 Å². The van der Waals surface area contributed by atoms with Crippen LogP contribution in [0.4, 0.5) is 15.8 Å². The molecule has 1 aromatic carbocycles. The van der Waals surface area contributed by atoms with E-state index in [4.69, 9.17) is 5.73 Å². The summed E-state index contributed by atoms with van der Waals surface area (Å²) in [5.74, 6) is -0.508. The molecule has 21 heavy (non-hydrogen) atoms. The molecule has 1 rings (SSSR count). The Kier molecular flexibility index (Phi) is 6.15. The number of nitrogen functional groups attached to an aromatic ring is 1. The van der Waals surface area contributed by atoms with Gasteiger partial charge in [-0.3, -0.25) is 4.79 Å². The fourth-order valence-corrected chi connectivity index (χ4v) is 2.26. The summed E-state index contributed by atoms with van der Waals surface area (Å²) in [6, 6.07) is 3.96. The van der Waals surface area contributed by atoms with Crippen molar-refractivity contribution in [2.24, 2.45) is 5.41 Å².